The molecule has 110 valence electrons. The summed E-state index contributed by atoms with van der Waals surface area (Å²) in [7, 11) is 1.29. The number of nitrogens with zero attached hydrogens (tertiary/aromatic N) is 1. The van der Waals surface area contributed by atoms with E-state index in [4.69, 9.17) is 4.74 Å². The Morgan fingerprint density at radius 2 is 2.05 bits per heavy atom. The standard InChI is InChI=1S/C13H23NO5/c1-13(2,3)19-12(17)14-6-5-9(8-14)10(15)7-11(16)18-4/h9-10,15H,5-8H2,1-4H3/t9?,10-/m1/s1. The van der Waals surface area contributed by atoms with E-state index in [1.165, 1.54) is 7.11 Å². The fourth-order valence-electron chi connectivity index (χ4n) is 2.01. The number of likely N-dealkylation sites (tertiary alicyclic amines) is 1. The average molecular weight is 273 g/mol. The van der Waals surface area contributed by atoms with Crippen LogP contribution < -0.4 is 0 Å². The lowest BCUT2D eigenvalue weighted by Gasteiger charge is -2.24. The van der Waals surface area contributed by atoms with E-state index in [1.54, 1.807) is 4.90 Å². The summed E-state index contributed by atoms with van der Waals surface area (Å²) in [6, 6.07) is 0. The molecule has 0 aromatic rings. The van der Waals surface area contributed by atoms with Crippen LogP contribution in [0.3, 0.4) is 0 Å². The van der Waals surface area contributed by atoms with Gasteiger partial charge in [-0.3, -0.25) is 4.79 Å². The van der Waals surface area contributed by atoms with Crippen LogP contribution in [0.15, 0.2) is 0 Å². The van der Waals surface area contributed by atoms with Crippen LogP contribution in [0.4, 0.5) is 4.79 Å². The van der Waals surface area contributed by atoms with Crippen LogP contribution in [-0.4, -0.2) is 54.0 Å². The molecular weight excluding hydrogens is 250 g/mol. The van der Waals surface area contributed by atoms with E-state index < -0.39 is 17.7 Å². The van der Waals surface area contributed by atoms with Crippen molar-refractivity contribution in [3.8, 4) is 0 Å². The summed E-state index contributed by atoms with van der Waals surface area (Å²) in [4.78, 5) is 24.5. The van der Waals surface area contributed by atoms with Gasteiger partial charge in [-0.15, -0.1) is 0 Å². The molecule has 1 N–H and O–H groups in total. The van der Waals surface area contributed by atoms with E-state index in [1.807, 2.05) is 20.8 Å². The number of carbonyl (C=O) groups excluding carboxylic acids is 2. The van der Waals surface area contributed by atoms with Crippen molar-refractivity contribution in [3.63, 3.8) is 0 Å². The second-order valence-electron chi connectivity index (χ2n) is 5.82. The van der Waals surface area contributed by atoms with E-state index >= 15 is 0 Å². The second-order valence-corrected chi connectivity index (χ2v) is 5.82. The van der Waals surface area contributed by atoms with E-state index in [9.17, 15) is 14.7 Å². The van der Waals surface area contributed by atoms with Crippen molar-refractivity contribution in [2.24, 2.45) is 5.92 Å². The molecule has 1 aliphatic heterocycles. The third-order valence-electron chi connectivity index (χ3n) is 3.02. The highest BCUT2D eigenvalue weighted by atomic mass is 16.6. The Bertz CT molecular complexity index is 336. The fraction of sp³-hybridized carbons (Fsp3) is 0.846. The van der Waals surface area contributed by atoms with E-state index in [0.29, 0.717) is 19.5 Å². The Hall–Kier alpha value is -1.30. The summed E-state index contributed by atoms with van der Waals surface area (Å²) in [6.07, 6.45) is -0.527. The maximum Gasteiger partial charge on any atom is 0.410 e. The first-order valence-corrected chi connectivity index (χ1v) is 6.45. The summed E-state index contributed by atoms with van der Waals surface area (Å²) in [5, 5.41) is 9.90. The van der Waals surface area contributed by atoms with Gasteiger partial charge in [0.05, 0.1) is 19.6 Å². The highest BCUT2D eigenvalue weighted by molar-refractivity contribution is 5.70. The maximum absolute atomic E-state index is 11.8. The first kappa shape index (κ1) is 15.8. The highest BCUT2D eigenvalue weighted by Gasteiger charge is 2.34. The van der Waals surface area contributed by atoms with Gasteiger partial charge < -0.3 is 19.5 Å². The first-order valence-electron chi connectivity index (χ1n) is 6.45. The Kier molecular flexibility index (Phi) is 5.17. The SMILES string of the molecule is COC(=O)C[C@@H](O)C1CCN(C(=O)OC(C)(C)C)C1. The number of hydrogen-bond acceptors (Lipinski definition) is 5. The Morgan fingerprint density at radius 1 is 1.42 bits per heavy atom. The minimum atomic E-state index is -0.778. The third kappa shape index (κ3) is 5.06. The number of esters is 1. The maximum atomic E-state index is 11.8. The summed E-state index contributed by atoms with van der Waals surface area (Å²) < 4.78 is 9.78. The molecule has 1 heterocycles. The normalized spacial score (nSPS) is 21.1. The lowest BCUT2D eigenvalue weighted by Crippen LogP contribution is -2.36. The number of methoxy groups -OCH3 is 1. The monoisotopic (exact) mass is 273 g/mol. The zero-order chi connectivity index (χ0) is 14.6. The molecule has 19 heavy (non-hydrogen) atoms. The lowest BCUT2D eigenvalue weighted by atomic mass is 9.99. The van der Waals surface area contributed by atoms with Gasteiger partial charge in [0.1, 0.15) is 5.60 Å². The molecule has 0 aliphatic carbocycles. The van der Waals surface area contributed by atoms with Crippen molar-refractivity contribution in [1.29, 1.82) is 0 Å². The van der Waals surface area contributed by atoms with Crippen LogP contribution in [0.25, 0.3) is 0 Å². The van der Waals surface area contributed by atoms with Gasteiger partial charge >= 0.3 is 12.1 Å². The molecule has 1 fully saturated rings. The molecule has 1 unspecified atom stereocenters. The first-order chi connectivity index (χ1) is 8.73. The molecule has 1 aliphatic rings. The van der Waals surface area contributed by atoms with Crippen LogP contribution in [0.2, 0.25) is 0 Å². The van der Waals surface area contributed by atoms with Gasteiger partial charge in [0.15, 0.2) is 0 Å². The fourth-order valence-corrected chi connectivity index (χ4v) is 2.01. The predicted molar refractivity (Wildman–Crippen MR) is 68.6 cm³/mol. The molecule has 0 aromatic heterocycles. The van der Waals surface area contributed by atoms with Crippen LogP contribution >= 0.6 is 0 Å². The van der Waals surface area contributed by atoms with Crippen LogP contribution in [-0.2, 0) is 14.3 Å². The van der Waals surface area contributed by atoms with Crippen LogP contribution in [0.1, 0.15) is 33.6 Å². The highest BCUT2D eigenvalue weighted by Crippen LogP contribution is 2.23. The van der Waals surface area contributed by atoms with Gasteiger partial charge in [-0.2, -0.15) is 0 Å². The van der Waals surface area contributed by atoms with Crippen molar-refractivity contribution < 1.29 is 24.2 Å². The predicted octanol–water partition coefficient (Wildman–Crippen LogP) is 1.17. The summed E-state index contributed by atoms with van der Waals surface area (Å²) in [5.41, 5.74) is -0.528. The molecule has 1 rings (SSSR count). The molecule has 0 saturated carbocycles. The number of amides is 1. The molecule has 2 atom stereocenters. The second kappa shape index (κ2) is 6.23. The number of aliphatic hydroxyl groups is 1. The molecule has 0 aromatic carbocycles. The quantitative estimate of drug-likeness (QED) is 0.781. The molecule has 1 amide bonds. The van der Waals surface area contributed by atoms with Crippen LogP contribution in [0, 0.1) is 5.92 Å². The summed E-state index contributed by atoms with van der Waals surface area (Å²) >= 11 is 0. The number of ether oxygens (including phenoxy) is 2. The largest absolute Gasteiger partial charge is 0.469 e. The topological polar surface area (TPSA) is 76.1 Å². The van der Waals surface area contributed by atoms with Gasteiger partial charge in [0, 0.05) is 19.0 Å². The minimum absolute atomic E-state index is 0.0384. The summed E-state index contributed by atoms with van der Waals surface area (Å²) in [5.74, 6) is -0.546. The molecular formula is C13H23NO5. The van der Waals surface area contributed by atoms with E-state index in [-0.39, 0.29) is 18.4 Å². The number of carbonyl (C=O) groups is 2. The molecule has 0 radical (unpaired) electrons. The van der Waals surface area contributed by atoms with Gasteiger partial charge in [-0.05, 0) is 27.2 Å². The van der Waals surface area contributed by atoms with Crippen molar-refractivity contribution in [3.05, 3.63) is 0 Å². The smallest absolute Gasteiger partial charge is 0.410 e. The Morgan fingerprint density at radius 3 is 2.58 bits per heavy atom. The molecule has 1 saturated heterocycles. The van der Waals surface area contributed by atoms with E-state index in [2.05, 4.69) is 4.74 Å². The molecule has 0 spiro atoms. The van der Waals surface area contributed by atoms with Crippen molar-refractivity contribution in [2.45, 2.75) is 45.3 Å². The molecule has 6 nitrogen and oxygen atoms in total. The van der Waals surface area contributed by atoms with E-state index in [0.717, 1.165) is 0 Å². The Labute approximate surface area is 113 Å². The number of aliphatic hydroxyl groups excluding tert-OH is 1. The van der Waals surface area contributed by atoms with Gasteiger partial charge in [-0.25, -0.2) is 4.79 Å². The number of hydrogen-bond donors (Lipinski definition) is 1. The van der Waals surface area contributed by atoms with Crippen molar-refractivity contribution >= 4 is 12.1 Å². The van der Waals surface area contributed by atoms with Gasteiger partial charge in [0.25, 0.3) is 0 Å². The lowest BCUT2D eigenvalue weighted by molar-refractivity contribution is -0.143. The minimum Gasteiger partial charge on any atom is -0.469 e. The third-order valence-corrected chi connectivity index (χ3v) is 3.02. The average Bonchev–Trinajstić information content (AvgIpc) is 2.75. The van der Waals surface area contributed by atoms with Crippen molar-refractivity contribution in [1.82, 2.24) is 4.90 Å². The van der Waals surface area contributed by atoms with Crippen LogP contribution in [0.5, 0.6) is 0 Å². The Balaban J connectivity index is 2.45. The zero-order valence-electron chi connectivity index (χ0n) is 12.0. The summed E-state index contributed by atoms with van der Waals surface area (Å²) in [6.45, 7) is 6.38. The van der Waals surface area contributed by atoms with Gasteiger partial charge in [0.2, 0.25) is 0 Å². The molecule has 0 bridgehead atoms. The number of rotatable bonds is 3. The van der Waals surface area contributed by atoms with Gasteiger partial charge in [-0.1, -0.05) is 0 Å². The van der Waals surface area contributed by atoms with Crippen molar-refractivity contribution in [2.75, 3.05) is 20.2 Å². The molecule has 6 heteroatoms. The zero-order valence-corrected chi connectivity index (χ0v) is 12.0.